The number of rotatable bonds is 2. The first-order chi connectivity index (χ1) is 6.02. The van der Waals surface area contributed by atoms with E-state index in [1.807, 2.05) is 0 Å². The Labute approximate surface area is 76.4 Å². The number of pyridine rings is 1. The molecule has 72 valence electrons. The Hall–Kier alpha value is -1.00. The van der Waals surface area contributed by atoms with E-state index in [1.165, 1.54) is 6.20 Å². The molecule has 0 bridgehead atoms. The molecule has 1 heterocycles. The van der Waals surface area contributed by atoms with E-state index in [-0.39, 0.29) is 6.04 Å². The summed E-state index contributed by atoms with van der Waals surface area (Å²) in [7, 11) is 0. The lowest BCUT2D eigenvalue weighted by Crippen LogP contribution is -2.24. The summed E-state index contributed by atoms with van der Waals surface area (Å²) in [5.74, 6) is -0.513. The fourth-order valence-electron chi connectivity index (χ4n) is 1.05. The van der Waals surface area contributed by atoms with Gasteiger partial charge >= 0.3 is 0 Å². The SMILES string of the molecule is Cc1cc([C@H](O)[C@@H](C)N)cnc1F. The Balaban J connectivity index is 2.97. The predicted octanol–water partition coefficient (Wildman–Crippen LogP) is 0.910. The summed E-state index contributed by atoms with van der Waals surface area (Å²) < 4.78 is 12.7. The average Bonchev–Trinajstić information content (AvgIpc) is 2.08. The summed E-state index contributed by atoms with van der Waals surface area (Å²) in [6.07, 6.45) is 0.517. The normalized spacial score (nSPS) is 15.5. The van der Waals surface area contributed by atoms with Gasteiger partial charge in [0.2, 0.25) is 5.95 Å². The van der Waals surface area contributed by atoms with Crippen LogP contribution in [-0.2, 0) is 0 Å². The van der Waals surface area contributed by atoms with Gasteiger partial charge in [-0.2, -0.15) is 4.39 Å². The van der Waals surface area contributed by atoms with Gasteiger partial charge in [0, 0.05) is 23.4 Å². The molecule has 3 nitrogen and oxygen atoms in total. The van der Waals surface area contributed by atoms with Crippen LogP contribution in [0.4, 0.5) is 4.39 Å². The Morgan fingerprint density at radius 3 is 2.69 bits per heavy atom. The topological polar surface area (TPSA) is 59.1 Å². The minimum Gasteiger partial charge on any atom is -0.387 e. The van der Waals surface area contributed by atoms with Crippen LogP contribution in [0, 0.1) is 12.9 Å². The Morgan fingerprint density at radius 1 is 1.62 bits per heavy atom. The molecule has 3 N–H and O–H groups in total. The molecule has 0 unspecified atom stereocenters. The van der Waals surface area contributed by atoms with Gasteiger partial charge in [-0.25, -0.2) is 4.98 Å². The van der Waals surface area contributed by atoms with Crippen LogP contribution in [0.1, 0.15) is 24.2 Å². The zero-order chi connectivity index (χ0) is 10.0. The lowest BCUT2D eigenvalue weighted by atomic mass is 10.1. The first-order valence-electron chi connectivity index (χ1n) is 4.08. The van der Waals surface area contributed by atoms with Crippen molar-refractivity contribution in [1.82, 2.24) is 4.98 Å². The van der Waals surface area contributed by atoms with Crippen LogP contribution in [0.3, 0.4) is 0 Å². The van der Waals surface area contributed by atoms with Crippen molar-refractivity contribution < 1.29 is 9.50 Å². The Kier molecular flexibility index (Phi) is 2.95. The first kappa shape index (κ1) is 10.1. The molecule has 1 aromatic rings. The maximum absolute atomic E-state index is 12.7. The molecule has 1 rings (SSSR count). The van der Waals surface area contributed by atoms with E-state index in [2.05, 4.69) is 4.98 Å². The molecule has 1 aromatic heterocycles. The van der Waals surface area contributed by atoms with Crippen LogP contribution in [-0.4, -0.2) is 16.1 Å². The number of nitrogens with zero attached hydrogens (tertiary/aromatic N) is 1. The van der Waals surface area contributed by atoms with Crippen LogP contribution in [0.5, 0.6) is 0 Å². The fraction of sp³-hybridized carbons (Fsp3) is 0.444. The van der Waals surface area contributed by atoms with Crippen LogP contribution in [0.2, 0.25) is 0 Å². The Bertz CT molecular complexity index is 302. The molecule has 4 heteroatoms. The average molecular weight is 184 g/mol. The fourth-order valence-corrected chi connectivity index (χ4v) is 1.05. The molecule has 0 fully saturated rings. The van der Waals surface area contributed by atoms with Crippen molar-refractivity contribution in [2.24, 2.45) is 5.73 Å². The smallest absolute Gasteiger partial charge is 0.215 e. The molecule has 0 radical (unpaired) electrons. The van der Waals surface area contributed by atoms with Crippen molar-refractivity contribution in [2.45, 2.75) is 26.0 Å². The minimum atomic E-state index is -0.785. The molecule has 13 heavy (non-hydrogen) atoms. The van der Waals surface area contributed by atoms with E-state index in [0.717, 1.165) is 0 Å². The van der Waals surface area contributed by atoms with Crippen LogP contribution >= 0.6 is 0 Å². The van der Waals surface area contributed by atoms with E-state index in [1.54, 1.807) is 19.9 Å². The van der Waals surface area contributed by atoms with Crippen molar-refractivity contribution in [3.8, 4) is 0 Å². The van der Waals surface area contributed by atoms with E-state index in [4.69, 9.17) is 5.73 Å². The van der Waals surface area contributed by atoms with Gasteiger partial charge in [0.1, 0.15) is 0 Å². The number of aliphatic hydroxyl groups excluding tert-OH is 1. The highest BCUT2D eigenvalue weighted by Gasteiger charge is 2.13. The highest BCUT2D eigenvalue weighted by molar-refractivity contribution is 5.20. The molecule has 0 amide bonds. The lowest BCUT2D eigenvalue weighted by Gasteiger charge is -2.14. The molecule has 0 aliphatic carbocycles. The zero-order valence-corrected chi connectivity index (χ0v) is 7.66. The van der Waals surface area contributed by atoms with Crippen LogP contribution in [0.25, 0.3) is 0 Å². The van der Waals surface area contributed by atoms with Crippen LogP contribution < -0.4 is 5.73 Å². The summed E-state index contributed by atoms with van der Waals surface area (Å²) in [6.45, 7) is 3.28. The highest BCUT2D eigenvalue weighted by Crippen LogP contribution is 2.16. The lowest BCUT2D eigenvalue weighted by molar-refractivity contribution is 0.152. The van der Waals surface area contributed by atoms with Gasteiger partial charge in [0.25, 0.3) is 0 Å². The summed E-state index contributed by atoms with van der Waals surface area (Å²) in [4.78, 5) is 3.50. The van der Waals surface area contributed by atoms with Crippen molar-refractivity contribution in [2.75, 3.05) is 0 Å². The van der Waals surface area contributed by atoms with Crippen molar-refractivity contribution >= 4 is 0 Å². The standard InChI is InChI=1S/C9H13FN2O/c1-5-3-7(4-12-9(5)10)8(13)6(2)11/h3-4,6,8,13H,11H2,1-2H3/t6-,8-/m1/s1. The highest BCUT2D eigenvalue weighted by atomic mass is 19.1. The second-order valence-corrected chi connectivity index (χ2v) is 3.18. The molecule has 0 aromatic carbocycles. The third-order valence-electron chi connectivity index (χ3n) is 1.88. The molecule has 0 saturated carbocycles. The van der Waals surface area contributed by atoms with Crippen molar-refractivity contribution in [1.29, 1.82) is 0 Å². The zero-order valence-electron chi connectivity index (χ0n) is 7.66. The third kappa shape index (κ3) is 2.23. The second kappa shape index (κ2) is 3.81. The molecular weight excluding hydrogens is 171 g/mol. The number of hydrogen-bond acceptors (Lipinski definition) is 3. The van der Waals surface area contributed by atoms with Gasteiger partial charge in [-0.15, -0.1) is 0 Å². The number of hydrogen-bond donors (Lipinski definition) is 2. The summed E-state index contributed by atoms with van der Waals surface area (Å²) in [6, 6.07) is 1.17. The van der Waals surface area contributed by atoms with E-state index >= 15 is 0 Å². The predicted molar refractivity (Wildman–Crippen MR) is 47.5 cm³/mol. The maximum Gasteiger partial charge on any atom is 0.215 e. The number of nitrogens with two attached hydrogens (primary N) is 1. The molecule has 0 saturated heterocycles. The van der Waals surface area contributed by atoms with Gasteiger partial charge in [0.05, 0.1) is 6.10 Å². The molecule has 0 spiro atoms. The van der Waals surface area contributed by atoms with Gasteiger partial charge in [0.15, 0.2) is 0 Å². The molecule has 0 aliphatic heterocycles. The van der Waals surface area contributed by atoms with E-state index < -0.39 is 12.1 Å². The summed E-state index contributed by atoms with van der Waals surface area (Å²) in [5, 5.41) is 9.53. The van der Waals surface area contributed by atoms with Gasteiger partial charge in [-0.3, -0.25) is 0 Å². The number of halogens is 1. The maximum atomic E-state index is 12.7. The number of aromatic nitrogens is 1. The summed E-state index contributed by atoms with van der Waals surface area (Å²) >= 11 is 0. The van der Waals surface area contributed by atoms with Crippen molar-refractivity contribution in [3.05, 3.63) is 29.3 Å². The molecular formula is C9H13FN2O. The largest absolute Gasteiger partial charge is 0.387 e. The summed E-state index contributed by atoms with van der Waals surface area (Å²) in [5.41, 5.74) is 6.45. The van der Waals surface area contributed by atoms with Crippen LogP contribution in [0.15, 0.2) is 12.3 Å². The molecule has 0 aliphatic rings. The monoisotopic (exact) mass is 184 g/mol. The molecule has 2 atom stereocenters. The Morgan fingerprint density at radius 2 is 2.23 bits per heavy atom. The minimum absolute atomic E-state index is 0.383. The van der Waals surface area contributed by atoms with Crippen molar-refractivity contribution in [3.63, 3.8) is 0 Å². The number of aryl methyl sites for hydroxylation is 1. The van der Waals surface area contributed by atoms with E-state index in [0.29, 0.717) is 11.1 Å². The first-order valence-corrected chi connectivity index (χ1v) is 4.08. The van der Waals surface area contributed by atoms with Gasteiger partial charge in [-0.05, 0) is 19.9 Å². The van der Waals surface area contributed by atoms with E-state index in [9.17, 15) is 9.50 Å². The van der Waals surface area contributed by atoms with Gasteiger partial charge < -0.3 is 10.8 Å². The van der Waals surface area contributed by atoms with Gasteiger partial charge in [-0.1, -0.05) is 0 Å². The quantitative estimate of drug-likeness (QED) is 0.671. The third-order valence-corrected chi connectivity index (χ3v) is 1.88. The number of aliphatic hydroxyl groups is 1. The second-order valence-electron chi connectivity index (χ2n) is 3.18.